The van der Waals surface area contributed by atoms with E-state index in [0.29, 0.717) is 50.2 Å². The molecule has 1 saturated heterocycles. The zero-order chi connectivity index (χ0) is 29.1. The number of halogens is 1. The fourth-order valence-corrected chi connectivity index (χ4v) is 9.70. The number of methoxy groups -OCH3 is 1. The van der Waals surface area contributed by atoms with Crippen molar-refractivity contribution in [3.8, 4) is 5.75 Å². The number of rotatable bonds is 1. The summed E-state index contributed by atoms with van der Waals surface area (Å²) >= 11 is 6.41. The maximum atomic E-state index is 13.8. The lowest BCUT2D eigenvalue weighted by atomic mass is 9.68. The first-order chi connectivity index (χ1) is 20.3. The van der Waals surface area contributed by atoms with E-state index in [4.69, 9.17) is 21.1 Å². The van der Waals surface area contributed by atoms with Crippen LogP contribution in [0.2, 0.25) is 5.02 Å². The number of nitrogens with zero attached hydrogens (tertiary/aromatic N) is 2. The molecule has 0 amide bonds. The minimum absolute atomic E-state index is 0.0186. The Balaban J connectivity index is 1.34. The third-order valence-corrected chi connectivity index (χ3v) is 12.4. The topological polar surface area (TPSA) is 76.2 Å². The number of hydrogen-bond acceptors (Lipinski definition) is 7. The summed E-state index contributed by atoms with van der Waals surface area (Å²) in [6.07, 6.45) is 10.7. The van der Waals surface area contributed by atoms with Crippen molar-refractivity contribution in [3.05, 3.63) is 64.7 Å². The number of aryl methyl sites for hydroxylation is 1. The average Bonchev–Trinajstić information content (AvgIpc) is 3.38. The van der Waals surface area contributed by atoms with Gasteiger partial charge in [0.1, 0.15) is 5.75 Å². The molecule has 224 valence electrons. The van der Waals surface area contributed by atoms with E-state index in [1.54, 1.807) is 25.3 Å². The largest absolute Gasteiger partial charge is 0.490 e. The molecule has 1 saturated carbocycles. The van der Waals surface area contributed by atoms with E-state index in [2.05, 4.69) is 29.2 Å². The Morgan fingerprint density at radius 1 is 1.10 bits per heavy atom. The fourth-order valence-electron chi connectivity index (χ4n) is 8.13. The van der Waals surface area contributed by atoms with Gasteiger partial charge in [0.15, 0.2) is 0 Å². The predicted octanol–water partition coefficient (Wildman–Crippen LogP) is 5.19. The highest BCUT2D eigenvalue weighted by Crippen LogP contribution is 2.47. The summed E-state index contributed by atoms with van der Waals surface area (Å²) in [5.41, 5.74) is 3.05. The molecular formula is C33H39ClN2O5S. The van der Waals surface area contributed by atoms with Crippen LogP contribution >= 0.6 is 11.6 Å². The molecule has 5 aliphatic rings. The van der Waals surface area contributed by atoms with Crippen molar-refractivity contribution >= 4 is 32.2 Å². The van der Waals surface area contributed by atoms with Crippen LogP contribution in [0.3, 0.4) is 0 Å². The summed E-state index contributed by atoms with van der Waals surface area (Å²) in [5.74, 6) is 1.44. The van der Waals surface area contributed by atoms with E-state index < -0.39 is 21.0 Å². The van der Waals surface area contributed by atoms with Gasteiger partial charge in [-0.15, -0.1) is 0 Å². The highest BCUT2D eigenvalue weighted by atomic mass is 35.5. The Hall–Kier alpha value is -2.39. The molecule has 3 aliphatic heterocycles. The van der Waals surface area contributed by atoms with Gasteiger partial charge in [0.25, 0.3) is 5.12 Å². The maximum Gasteiger partial charge on any atom is 0.268 e. The Labute approximate surface area is 253 Å². The van der Waals surface area contributed by atoms with Crippen LogP contribution in [0.25, 0.3) is 0 Å². The minimum atomic E-state index is -4.19. The quantitative estimate of drug-likeness (QED) is 0.412. The SMILES string of the molecule is CO[C@H]1/C=C/CN2CCC[C@H]2C(=O)S(=O)(=O)c2ccc3c(c2)N(C[C@@H]2CC[C@H]21)C[C@@]1(CCCc2cc(Cl)ccc21)CO3. The lowest BCUT2D eigenvalue weighted by Gasteiger charge is -2.46. The first-order valence-corrected chi connectivity index (χ1v) is 17.2. The molecule has 0 N–H and O–H groups in total. The number of carbonyl (C=O) groups excluding carboxylic acids is 1. The second-order valence-corrected chi connectivity index (χ2v) is 15.2. The second kappa shape index (κ2) is 11.0. The van der Waals surface area contributed by atoms with Gasteiger partial charge >= 0.3 is 0 Å². The summed E-state index contributed by atoms with van der Waals surface area (Å²) in [6, 6.07) is 10.6. The standard InChI is InChI=1S/C33H39ClN2O5S/c1-40-30-7-4-16-35-15-3-6-28(35)32(37)42(38,39)25-10-13-31-29(18-25)36(19-23-8-11-26(23)30)20-33(21-41-31)14-2-5-22-17-24(34)9-12-27(22)33/h4,7,9-10,12-13,17-18,23,26,28,30H,2-3,5-6,8,11,14-16,19-21H2,1H3/b7-4+/t23-,26+,28-,30-,33-/m0/s1. The van der Waals surface area contributed by atoms with Crippen molar-refractivity contribution in [3.63, 3.8) is 0 Å². The highest BCUT2D eigenvalue weighted by molar-refractivity contribution is 8.06. The number of carbonyl (C=O) groups is 1. The fraction of sp³-hybridized carbons (Fsp3) is 0.545. The number of fused-ring (bicyclic) bond motifs is 5. The molecule has 5 atom stereocenters. The van der Waals surface area contributed by atoms with Crippen molar-refractivity contribution in [1.82, 2.24) is 4.90 Å². The average molecular weight is 611 g/mol. The summed E-state index contributed by atoms with van der Waals surface area (Å²) in [4.78, 5) is 18.0. The maximum absolute atomic E-state index is 13.8. The van der Waals surface area contributed by atoms with Gasteiger partial charge in [-0.05, 0) is 105 Å². The third kappa shape index (κ3) is 4.79. The smallest absolute Gasteiger partial charge is 0.268 e. The zero-order valence-electron chi connectivity index (χ0n) is 24.1. The van der Waals surface area contributed by atoms with Crippen LogP contribution in [0.1, 0.15) is 49.7 Å². The van der Waals surface area contributed by atoms with E-state index in [1.165, 1.54) is 11.1 Å². The third-order valence-electron chi connectivity index (χ3n) is 10.5. The normalized spacial score (nSPS) is 33.2. The number of hydrogen-bond donors (Lipinski definition) is 0. The van der Waals surface area contributed by atoms with Crippen LogP contribution in [0, 0.1) is 11.8 Å². The molecule has 0 unspecified atom stereocenters. The molecule has 0 radical (unpaired) electrons. The zero-order valence-corrected chi connectivity index (χ0v) is 25.7. The molecule has 0 aromatic heterocycles. The Kier molecular flexibility index (Phi) is 7.40. The molecule has 2 aliphatic carbocycles. The van der Waals surface area contributed by atoms with Crippen molar-refractivity contribution in [1.29, 1.82) is 0 Å². The van der Waals surface area contributed by atoms with Gasteiger partial charge < -0.3 is 14.4 Å². The Morgan fingerprint density at radius 2 is 1.98 bits per heavy atom. The van der Waals surface area contributed by atoms with Crippen LogP contribution in [0.4, 0.5) is 5.69 Å². The Bertz CT molecular complexity index is 1530. The van der Waals surface area contributed by atoms with Gasteiger partial charge in [0.2, 0.25) is 9.84 Å². The molecule has 42 heavy (non-hydrogen) atoms. The molecule has 2 bridgehead atoms. The van der Waals surface area contributed by atoms with Gasteiger partial charge in [-0.2, -0.15) is 0 Å². The second-order valence-electron chi connectivity index (χ2n) is 12.8. The van der Waals surface area contributed by atoms with Gasteiger partial charge in [-0.1, -0.05) is 29.8 Å². The van der Waals surface area contributed by atoms with E-state index in [0.717, 1.165) is 55.8 Å². The monoisotopic (exact) mass is 610 g/mol. The Morgan fingerprint density at radius 3 is 2.79 bits per heavy atom. The molecule has 2 fully saturated rings. The van der Waals surface area contributed by atoms with Crippen LogP contribution < -0.4 is 9.64 Å². The summed E-state index contributed by atoms with van der Waals surface area (Å²) in [6.45, 7) is 3.23. The molecule has 9 heteroatoms. The van der Waals surface area contributed by atoms with Crippen molar-refractivity contribution in [2.24, 2.45) is 11.8 Å². The van der Waals surface area contributed by atoms with Crippen LogP contribution in [-0.4, -0.2) is 70.5 Å². The van der Waals surface area contributed by atoms with Crippen molar-refractivity contribution < 1.29 is 22.7 Å². The van der Waals surface area contributed by atoms with Gasteiger partial charge in [0, 0.05) is 37.2 Å². The summed E-state index contributed by atoms with van der Waals surface area (Å²) in [5, 5.41) is 0.0383. The molecular weight excluding hydrogens is 572 g/mol. The van der Waals surface area contributed by atoms with Crippen LogP contribution in [0.5, 0.6) is 5.75 Å². The predicted molar refractivity (Wildman–Crippen MR) is 163 cm³/mol. The lowest BCUT2D eigenvalue weighted by Crippen LogP contribution is -2.49. The van der Waals surface area contributed by atoms with E-state index in [-0.39, 0.29) is 16.4 Å². The molecule has 7 nitrogen and oxygen atoms in total. The van der Waals surface area contributed by atoms with Crippen LogP contribution in [0.15, 0.2) is 53.4 Å². The summed E-state index contributed by atoms with van der Waals surface area (Å²) in [7, 11) is -2.42. The summed E-state index contributed by atoms with van der Waals surface area (Å²) < 4.78 is 40.2. The van der Waals surface area contributed by atoms with Crippen LogP contribution in [-0.2, 0) is 31.2 Å². The minimum Gasteiger partial charge on any atom is -0.490 e. The lowest BCUT2D eigenvalue weighted by molar-refractivity contribution is -0.115. The molecule has 2 aromatic carbocycles. The molecule has 7 rings (SSSR count). The van der Waals surface area contributed by atoms with Crippen molar-refractivity contribution in [2.75, 3.05) is 44.8 Å². The first-order valence-electron chi connectivity index (χ1n) is 15.3. The number of sulfone groups is 1. The molecule has 1 spiro atoms. The number of ether oxygens (including phenoxy) is 2. The van der Waals surface area contributed by atoms with Gasteiger partial charge in [-0.25, -0.2) is 8.42 Å². The number of anilines is 1. The van der Waals surface area contributed by atoms with Gasteiger partial charge in [-0.3, -0.25) is 9.69 Å². The first kappa shape index (κ1) is 28.4. The molecule has 2 aromatic rings. The van der Waals surface area contributed by atoms with Gasteiger partial charge in [0.05, 0.1) is 29.3 Å². The highest BCUT2D eigenvalue weighted by Gasteiger charge is 2.45. The van der Waals surface area contributed by atoms with E-state index >= 15 is 0 Å². The van der Waals surface area contributed by atoms with Crippen molar-refractivity contribution in [2.45, 2.75) is 67.4 Å². The van der Waals surface area contributed by atoms with E-state index in [9.17, 15) is 13.2 Å². The molecule has 3 heterocycles. The van der Waals surface area contributed by atoms with E-state index in [1.807, 2.05) is 11.0 Å². The number of benzene rings is 2.